The van der Waals surface area contributed by atoms with Crippen LogP contribution in [0.25, 0.3) is 0 Å². The number of hydrogen-bond acceptors (Lipinski definition) is 1. The molecule has 1 saturated carbocycles. The normalized spacial score (nSPS) is 17.9. The molecule has 0 spiro atoms. The molecule has 1 aliphatic carbocycles. The largest absolute Gasteiger partial charge is 0.370 e. The second-order valence-electron chi connectivity index (χ2n) is 5.69. The van der Waals surface area contributed by atoms with Crippen molar-refractivity contribution in [2.75, 3.05) is 13.1 Å². The highest BCUT2D eigenvalue weighted by molar-refractivity contribution is 5.77. The number of nitrogens with two attached hydrogens (primary N) is 1. The summed E-state index contributed by atoms with van der Waals surface area (Å²) >= 11 is 0. The Morgan fingerprint density at radius 1 is 1.29 bits per heavy atom. The van der Waals surface area contributed by atoms with E-state index in [4.69, 9.17) is 5.73 Å². The van der Waals surface area contributed by atoms with Crippen LogP contribution in [0, 0.1) is 11.8 Å². The Morgan fingerprint density at radius 3 is 2.65 bits per heavy atom. The molecule has 0 saturated heterocycles. The van der Waals surface area contributed by atoms with Crippen LogP contribution in [0.3, 0.4) is 0 Å². The minimum atomic E-state index is 0.581. The monoisotopic (exact) mass is 239 g/mol. The van der Waals surface area contributed by atoms with Crippen molar-refractivity contribution in [1.82, 2.24) is 5.32 Å². The Morgan fingerprint density at radius 2 is 2.00 bits per heavy atom. The molecule has 0 bridgehead atoms. The van der Waals surface area contributed by atoms with Crippen molar-refractivity contribution in [3.05, 3.63) is 0 Å². The Bertz CT molecular complexity index is 218. The van der Waals surface area contributed by atoms with Gasteiger partial charge in [-0.05, 0) is 18.3 Å². The van der Waals surface area contributed by atoms with E-state index in [2.05, 4.69) is 24.2 Å². The summed E-state index contributed by atoms with van der Waals surface area (Å²) in [4.78, 5) is 4.28. The third kappa shape index (κ3) is 7.24. The summed E-state index contributed by atoms with van der Waals surface area (Å²) in [7, 11) is 0. The number of aliphatic imine (C=N–C) groups is 1. The predicted molar refractivity (Wildman–Crippen MR) is 75.1 cm³/mol. The van der Waals surface area contributed by atoms with E-state index < -0.39 is 0 Å². The molecule has 1 rings (SSSR count). The molecule has 0 aromatic carbocycles. The predicted octanol–water partition coefficient (Wildman–Crippen LogP) is 2.91. The number of nitrogens with zero attached hydrogens (tertiary/aromatic N) is 1. The average molecular weight is 239 g/mol. The van der Waals surface area contributed by atoms with E-state index in [1.807, 2.05) is 0 Å². The molecule has 100 valence electrons. The molecule has 3 nitrogen and oxygen atoms in total. The van der Waals surface area contributed by atoms with E-state index in [0.717, 1.165) is 19.0 Å². The molecule has 0 amide bonds. The zero-order valence-corrected chi connectivity index (χ0v) is 11.5. The zero-order valence-electron chi connectivity index (χ0n) is 11.5. The summed E-state index contributed by atoms with van der Waals surface area (Å²) in [6.45, 7) is 6.10. The van der Waals surface area contributed by atoms with Crippen molar-refractivity contribution in [2.24, 2.45) is 22.6 Å². The molecule has 0 aromatic heterocycles. The van der Waals surface area contributed by atoms with Crippen molar-refractivity contribution >= 4 is 5.96 Å². The maximum absolute atomic E-state index is 5.77. The molecule has 0 atom stereocenters. The van der Waals surface area contributed by atoms with E-state index >= 15 is 0 Å². The Kier molecular flexibility index (Phi) is 7.06. The molecule has 1 aliphatic rings. The van der Waals surface area contributed by atoms with Gasteiger partial charge in [0.15, 0.2) is 5.96 Å². The number of rotatable bonds is 7. The van der Waals surface area contributed by atoms with Gasteiger partial charge in [-0.1, -0.05) is 52.4 Å². The number of unbranched alkanes of at least 4 members (excludes halogenated alkanes) is 1. The van der Waals surface area contributed by atoms with Crippen molar-refractivity contribution in [3.8, 4) is 0 Å². The molecular formula is C14H29N3. The maximum Gasteiger partial charge on any atom is 0.188 e. The lowest BCUT2D eigenvalue weighted by atomic mass is 10.0. The summed E-state index contributed by atoms with van der Waals surface area (Å²) in [6, 6.07) is 0. The van der Waals surface area contributed by atoms with Crippen LogP contribution in [0.2, 0.25) is 0 Å². The fraction of sp³-hybridized carbons (Fsp3) is 0.929. The van der Waals surface area contributed by atoms with Crippen LogP contribution in [0.4, 0.5) is 0 Å². The highest BCUT2D eigenvalue weighted by atomic mass is 15.1. The first-order valence-electron chi connectivity index (χ1n) is 7.22. The lowest BCUT2D eigenvalue weighted by Crippen LogP contribution is -2.32. The van der Waals surface area contributed by atoms with E-state index in [1.54, 1.807) is 0 Å². The topological polar surface area (TPSA) is 50.4 Å². The van der Waals surface area contributed by atoms with Crippen molar-refractivity contribution in [2.45, 2.75) is 58.8 Å². The molecule has 0 unspecified atom stereocenters. The first kappa shape index (κ1) is 14.3. The van der Waals surface area contributed by atoms with Gasteiger partial charge in [-0.25, -0.2) is 0 Å². The quantitative estimate of drug-likeness (QED) is 0.408. The van der Waals surface area contributed by atoms with Gasteiger partial charge in [-0.3, -0.25) is 4.99 Å². The molecule has 3 N–H and O–H groups in total. The second kappa shape index (κ2) is 8.37. The van der Waals surface area contributed by atoms with Crippen LogP contribution in [0.15, 0.2) is 4.99 Å². The lowest BCUT2D eigenvalue weighted by molar-refractivity contribution is 0.472. The second-order valence-corrected chi connectivity index (χ2v) is 5.69. The van der Waals surface area contributed by atoms with E-state index in [0.29, 0.717) is 11.9 Å². The molecule has 1 fully saturated rings. The summed E-state index contributed by atoms with van der Waals surface area (Å²) in [5.41, 5.74) is 5.77. The lowest BCUT2D eigenvalue weighted by Gasteiger charge is -2.09. The summed E-state index contributed by atoms with van der Waals surface area (Å²) in [6.07, 6.45) is 9.79. The van der Waals surface area contributed by atoms with Crippen LogP contribution in [-0.2, 0) is 0 Å². The van der Waals surface area contributed by atoms with Crippen molar-refractivity contribution < 1.29 is 0 Å². The van der Waals surface area contributed by atoms with Crippen molar-refractivity contribution in [1.29, 1.82) is 0 Å². The number of guanidine groups is 1. The van der Waals surface area contributed by atoms with Gasteiger partial charge >= 0.3 is 0 Å². The van der Waals surface area contributed by atoms with Crippen LogP contribution in [0.5, 0.6) is 0 Å². The molecule has 0 aromatic rings. The molecule has 17 heavy (non-hydrogen) atoms. The van der Waals surface area contributed by atoms with Crippen LogP contribution < -0.4 is 11.1 Å². The summed E-state index contributed by atoms with van der Waals surface area (Å²) < 4.78 is 0. The standard InChI is InChI=1S/C14H29N3/c1-12(2)11-17-14(15)16-10-6-5-9-13-7-3-4-8-13/h12-13H,3-11H2,1-2H3,(H3,15,16,17). The van der Waals surface area contributed by atoms with Crippen molar-refractivity contribution in [3.63, 3.8) is 0 Å². The van der Waals surface area contributed by atoms with Gasteiger partial charge in [0.25, 0.3) is 0 Å². The molecular weight excluding hydrogens is 210 g/mol. The molecule has 0 aliphatic heterocycles. The van der Waals surface area contributed by atoms with E-state index in [9.17, 15) is 0 Å². The van der Waals surface area contributed by atoms with Crippen LogP contribution in [0.1, 0.15) is 58.8 Å². The average Bonchev–Trinajstić information content (AvgIpc) is 2.79. The fourth-order valence-electron chi connectivity index (χ4n) is 2.41. The zero-order chi connectivity index (χ0) is 12.5. The Hall–Kier alpha value is -0.730. The van der Waals surface area contributed by atoms with E-state index in [1.165, 1.54) is 44.9 Å². The van der Waals surface area contributed by atoms with Gasteiger partial charge in [0.05, 0.1) is 0 Å². The van der Waals surface area contributed by atoms with Gasteiger partial charge < -0.3 is 11.1 Å². The minimum Gasteiger partial charge on any atom is -0.370 e. The maximum atomic E-state index is 5.77. The molecule has 3 heteroatoms. The van der Waals surface area contributed by atoms with E-state index in [-0.39, 0.29) is 0 Å². The Labute approximate surface area is 106 Å². The van der Waals surface area contributed by atoms with Gasteiger partial charge in [-0.2, -0.15) is 0 Å². The number of nitrogens with one attached hydrogen (secondary N) is 1. The first-order valence-corrected chi connectivity index (χ1v) is 7.22. The molecule has 0 radical (unpaired) electrons. The molecule has 0 heterocycles. The summed E-state index contributed by atoms with van der Waals surface area (Å²) in [5, 5.41) is 3.19. The minimum absolute atomic E-state index is 0.581. The number of hydrogen-bond donors (Lipinski definition) is 2. The van der Waals surface area contributed by atoms with Gasteiger partial charge in [0.2, 0.25) is 0 Å². The van der Waals surface area contributed by atoms with Gasteiger partial charge in [0.1, 0.15) is 0 Å². The smallest absolute Gasteiger partial charge is 0.188 e. The third-order valence-corrected chi connectivity index (χ3v) is 3.45. The summed E-state index contributed by atoms with van der Waals surface area (Å²) in [5.74, 6) is 2.21. The first-order chi connectivity index (χ1) is 8.18. The fourth-order valence-corrected chi connectivity index (χ4v) is 2.41. The van der Waals surface area contributed by atoms with Crippen LogP contribution >= 0.6 is 0 Å². The highest BCUT2D eigenvalue weighted by Crippen LogP contribution is 2.28. The van der Waals surface area contributed by atoms with Crippen LogP contribution in [-0.4, -0.2) is 19.0 Å². The van der Waals surface area contributed by atoms with Gasteiger partial charge in [-0.15, -0.1) is 0 Å². The van der Waals surface area contributed by atoms with Gasteiger partial charge in [0, 0.05) is 13.1 Å². The highest BCUT2D eigenvalue weighted by Gasteiger charge is 2.13. The Balaban J connectivity index is 1.94. The SMILES string of the molecule is CC(C)CN=C(N)NCCCCC1CCCC1. The third-order valence-electron chi connectivity index (χ3n) is 3.45.